The van der Waals surface area contributed by atoms with E-state index in [1.54, 1.807) is 31.2 Å². The third kappa shape index (κ3) is 5.26. The van der Waals surface area contributed by atoms with Crippen molar-refractivity contribution in [1.29, 1.82) is 0 Å². The molecule has 0 radical (unpaired) electrons. The summed E-state index contributed by atoms with van der Waals surface area (Å²) in [7, 11) is 3.43. The number of ether oxygens (including phenoxy) is 1. The predicted octanol–water partition coefficient (Wildman–Crippen LogP) is 2.48. The lowest BCUT2D eigenvalue weighted by molar-refractivity contribution is -0.117. The number of hydrogen-bond acceptors (Lipinski definition) is 5. The monoisotopic (exact) mass is 449 g/mol. The van der Waals surface area contributed by atoms with Crippen molar-refractivity contribution in [3.05, 3.63) is 65.2 Å². The smallest absolute Gasteiger partial charge is 0.251 e. The zero-order chi connectivity index (χ0) is 23.4. The van der Waals surface area contributed by atoms with E-state index in [2.05, 4.69) is 22.4 Å². The van der Waals surface area contributed by atoms with Gasteiger partial charge in [0, 0.05) is 50.0 Å². The average Bonchev–Trinajstić information content (AvgIpc) is 3.12. The normalized spacial score (nSPS) is 16.9. The van der Waals surface area contributed by atoms with Crippen LogP contribution < -0.4 is 15.0 Å². The maximum absolute atomic E-state index is 12.5. The molecule has 1 atom stereocenters. The van der Waals surface area contributed by atoms with E-state index in [1.165, 1.54) is 5.57 Å². The van der Waals surface area contributed by atoms with Crippen LogP contribution in [0.3, 0.4) is 0 Å². The first-order chi connectivity index (χ1) is 16.0. The Labute approximate surface area is 194 Å². The molecule has 2 aliphatic heterocycles. The summed E-state index contributed by atoms with van der Waals surface area (Å²) in [6.45, 7) is 2.61. The number of anilines is 1. The lowest BCUT2D eigenvalue weighted by Crippen LogP contribution is -2.37. The van der Waals surface area contributed by atoms with E-state index in [1.807, 2.05) is 24.3 Å². The van der Waals surface area contributed by atoms with Crippen molar-refractivity contribution in [3.63, 3.8) is 0 Å². The van der Waals surface area contributed by atoms with Gasteiger partial charge in [0.15, 0.2) is 0 Å². The first-order valence-corrected chi connectivity index (χ1v) is 11.4. The standard InChI is InChI=1S/C26H31N3O4/c1-28-23-8-7-19(15-20(23)16-25(28)31)26(32)27-12-9-21(30)17-29-13-10-18(11-14-29)22-5-3-4-6-24(22)33-2/h3-8,10,15,21,30H,9,11-14,16-17H2,1-2H3,(H,27,32). The van der Waals surface area contributed by atoms with Gasteiger partial charge in [-0.25, -0.2) is 0 Å². The summed E-state index contributed by atoms with van der Waals surface area (Å²) in [5.74, 6) is 0.734. The number of rotatable bonds is 8. The highest BCUT2D eigenvalue weighted by Gasteiger charge is 2.25. The molecule has 4 rings (SSSR count). The molecule has 1 unspecified atom stereocenters. The number of likely N-dealkylation sites (N-methyl/N-ethyl adjacent to an activating group) is 1. The first-order valence-electron chi connectivity index (χ1n) is 11.4. The molecule has 0 spiro atoms. The summed E-state index contributed by atoms with van der Waals surface area (Å²) in [5.41, 5.74) is 4.67. The van der Waals surface area contributed by atoms with Crippen molar-refractivity contribution in [2.75, 3.05) is 45.2 Å². The zero-order valence-corrected chi connectivity index (χ0v) is 19.2. The summed E-state index contributed by atoms with van der Waals surface area (Å²) in [4.78, 5) is 28.1. The van der Waals surface area contributed by atoms with Crippen LogP contribution in [-0.4, -0.2) is 68.3 Å². The Kier molecular flexibility index (Phi) is 7.11. The number of carbonyl (C=O) groups is 2. The van der Waals surface area contributed by atoms with Crippen molar-refractivity contribution in [3.8, 4) is 5.75 Å². The van der Waals surface area contributed by atoms with Gasteiger partial charge < -0.3 is 20.1 Å². The van der Waals surface area contributed by atoms with Gasteiger partial charge in [-0.1, -0.05) is 24.3 Å². The highest BCUT2D eigenvalue weighted by atomic mass is 16.5. The lowest BCUT2D eigenvalue weighted by atomic mass is 9.98. The Morgan fingerprint density at radius 2 is 2.06 bits per heavy atom. The van der Waals surface area contributed by atoms with Gasteiger partial charge in [-0.05, 0) is 48.2 Å². The van der Waals surface area contributed by atoms with Gasteiger partial charge >= 0.3 is 0 Å². The quantitative estimate of drug-likeness (QED) is 0.647. The van der Waals surface area contributed by atoms with Crippen LogP contribution in [-0.2, 0) is 11.2 Å². The van der Waals surface area contributed by atoms with Crippen LogP contribution in [0, 0.1) is 0 Å². The largest absolute Gasteiger partial charge is 0.496 e. The van der Waals surface area contributed by atoms with Crippen molar-refractivity contribution in [2.24, 2.45) is 0 Å². The number of benzene rings is 2. The molecule has 174 valence electrons. The number of nitrogens with zero attached hydrogens (tertiary/aromatic N) is 2. The van der Waals surface area contributed by atoms with Gasteiger partial charge in [-0.15, -0.1) is 0 Å². The van der Waals surface area contributed by atoms with Crippen molar-refractivity contribution in [1.82, 2.24) is 10.2 Å². The van der Waals surface area contributed by atoms with Gasteiger partial charge in [0.1, 0.15) is 5.75 Å². The number of methoxy groups -OCH3 is 1. The Morgan fingerprint density at radius 3 is 2.82 bits per heavy atom. The molecule has 0 aliphatic carbocycles. The Hall–Kier alpha value is -3.16. The van der Waals surface area contributed by atoms with Gasteiger partial charge in [-0.3, -0.25) is 14.5 Å². The van der Waals surface area contributed by atoms with Gasteiger partial charge in [0.25, 0.3) is 5.91 Å². The minimum absolute atomic E-state index is 0.0354. The molecule has 0 fully saturated rings. The molecule has 33 heavy (non-hydrogen) atoms. The second-order valence-electron chi connectivity index (χ2n) is 8.61. The van der Waals surface area contributed by atoms with Gasteiger partial charge in [-0.2, -0.15) is 0 Å². The highest BCUT2D eigenvalue weighted by Crippen LogP contribution is 2.30. The number of nitrogens with one attached hydrogen (secondary N) is 1. The number of para-hydroxylation sites is 1. The summed E-state index contributed by atoms with van der Waals surface area (Å²) in [6.07, 6.45) is 3.40. The minimum atomic E-state index is -0.516. The summed E-state index contributed by atoms with van der Waals surface area (Å²) < 4.78 is 5.47. The van der Waals surface area contributed by atoms with Crippen LogP contribution >= 0.6 is 0 Å². The van der Waals surface area contributed by atoms with E-state index in [4.69, 9.17) is 4.74 Å². The molecule has 0 aromatic heterocycles. The molecule has 2 heterocycles. The molecule has 2 N–H and O–H groups in total. The molecule has 2 aromatic rings. The van der Waals surface area contributed by atoms with E-state index in [0.29, 0.717) is 31.5 Å². The van der Waals surface area contributed by atoms with E-state index >= 15 is 0 Å². The number of aliphatic hydroxyl groups excluding tert-OH is 1. The number of amides is 2. The molecule has 7 heteroatoms. The maximum atomic E-state index is 12.5. The topological polar surface area (TPSA) is 82.1 Å². The Balaban J connectivity index is 1.22. The van der Waals surface area contributed by atoms with Crippen LogP contribution in [0.5, 0.6) is 5.75 Å². The molecule has 2 amide bonds. The predicted molar refractivity (Wildman–Crippen MR) is 129 cm³/mol. The van der Waals surface area contributed by atoms with E-state index in [9.17, 15) is 14.7 Å². The maximum Gasteiger partial charge on any atom is 0.251 e. The van der Waals surface area contributed by atoms with Crippen LogP contribution in [0.15, 0.2) is 48.5 Å². The zero-order valence-electron chi connectivity index (χ0n) is 19.2. The molecular formula is C26H31N3O4. The molecule has 0 saturated heterocycles. The Morgan fingerprint density at radius 1 is 1.24 bits per heavy atom. The van der Waals surface area contributed by atoms with Crippen LogP contribution in [0.2, 0.25) is 0 Å². The summed E-state index contributed by atoms with van der Waals surface area (Å²) in [5, 5.41) is 13.3. The summed E-state index contributed by atoms with van der Waals surface area (Å²) in [6, 6.07) is 13.4. The van der Waals surface area contributed by atoms with E-state index in [-0.39, 0.29) is 11.8 Å². The second kappa shape index (κ2) is 10.2. The van der Waals surface area contributed by atoms with Crippen LogP contribution in [0.4, 0.5) is 5.69 Å². The number of hydrogen-bond donors (Lipinski definition) is 2. The third-order valence-electron chi connectivity index (χ3n) is 6.40. The Bertz CT molecular complexity index is 1070. The molecule has 7 nitrogen and oxygen atoms in total. The fourth-order valence-corrected chi connectivity index (χ4v) is 4.49. The average molecular weight is 450 g/mol. The molecule has 0 saturated carbocycles. The van der Waals surface area contributed by atoms with Crippen LogP contribution in [0.1, 0.15) is 34.3 Å². The van der Waals surface area contributed by atoms with Gasteiger partial charge in [0.2, 0.25) is 5.91 Å². The number of aliphatic hydroxyl groups is 1. The number of fused-ring (bicyclic) bond motifs is 1. The molecule has 2 aliphatic rings. The molecule has 2 aromatic carbocycles. The SMILES string of the molecule is COc1ccccc1C1=CCN(CC(O)CCNC(=O)c2ccc3c(c2)CC(=O)N3C)CC1. The third-order valence-corrected chi connectivity index (χ3v) is 6.40. The number of β-amino-alcohol motifs (C(OH)–C–C–N with tert-alkyl or cyclic N) is 1. The van der Waals surface area contributed by atoms with Crippen molar-refractivity contribution in [2.45, 2.75) is 25.4 Å². The van der Waals surface area contributed by atoms with Gasteiger partial charge in [0.05, 0.1) is 19.6 Å². The van der Waals surface area contributed by atoms with E-state index < -0.39 is 6.10 Å². The fourth-order valence-electron chi connectivity index (χ4n) is 4.49. The van der Waals surface area contributed by atoms with Crippen LogP contribution in [0.25, 0.3) is 5.57 Å². The summed E-state index contributed by atoms with van der Waals surface area (Å²) >= 11 is 0. The lowest BCUT2D eigenvalue weighted by Gasteiger charge is -2.28. The van der Waals surface area contributed by atoms with Crippen molar-refractivity contribution >= 4 is 23.1 Å². The first kappa shape index (κ1) is 23.0. The van der Waals surface area contributed by atoms with Crippen molar-refractivity contribution < 1.29 is 19.4 Å². The van der Waals surface area contributed by atoms with E-state index in [0.717, 1.165) is 42.1 Å². The number of carbonyl (C=O) groups excluding carboxylic acids is 2. The minimum Gasteiger partial charge on any atom is -0.496 e. The molecule has 0 bridgehead atoms. The highest BCUT2D eigenvalue weighted by molar-refractivity contribution is 6.03. The molecular weight excluding hydrogens is 418 g/mol. The fraction of sp³-hybridized carbons (Fsp3) is 0.385. The second-order valence-corrected chi connectivity index (χ2v) is 8.61.